The highest BCUT2D eigenvalue weighted by atomic mass is 35.5. The molecule has 0 unspecified atom stereocenters. The molecule has 26 heavy (non-hydrogen) atoms. The highest BCUT2D eigenvalue weighted by molar-refractivity contribution is 7.99. The number of nitrogens with zero attached hydrogens (tertiary/aromatic N) is 2. The molecule has 0 saturated carbocycles. The van der Waals surface area contributed by atoms with Gasteiger partial charge in [0, 0.05) is 27.8 Å². The Morgan fingerprint density at radius 3 is 2.81 bits per heavy atom. The summed E-state index contributed by atoms with van der Waals surface area (Å²) in [4.78, 5) is 15.2. The number of rotatable bonds is 5. The van der Waals surface area contributed by atoms with E-state index in [0.717, 1.165) is 16.5 Å². The zero-order valence-corrected chi connectivity index (χ0v) is 15.0. The fraction of sp³-hybridized carbons (Fsp3) is 0.0556. The first-order chi connectivity index (χ1) is 12.7. The molecule has 1 amide bonds. The second-order valence-electron chi connectivity index (χ2n) is 5.46. The number of fused-ring (bicyclic) bond motifs is 1. The van der Waals surface area contributed by atoms with Gasteiger partial charge in [0.1, 0.15) is 0 Å². The number of hydrogen-bond donors (Lipinski definition) is 2. The van der Waals surface area contributed by atoms with Crippen molar-refractivity contribution in [3.8, 4) is 11.5 Å². The van der Waals surface area contributed by atoms with Crippen LogP contribution in [-0.2, 0) is 4.79 Å². The first-order valence-corrected chi connectivity index (χ1v) is 9.13. The first kappa shape index (κ1) is 16.7. The number of benzene rings is 2. The summed E-state index contributed by atoms with van der Waals surface area (Å²) < 4.78 is 5.68. The second-order valence-corrected chi connectivity index (χ2v) is 6.83. The predicted octanol–water partition coefficient (Wildman–Crippen LogP) is 4.60. The van der Waals surface area contributed by atoms with E-state index in [2.05, 4.69) is 20.5 Å². The van der Waals surface area contributed by atoms with Crippen molar-refractivity contribution >= 4 is 45.9 Å². The molecule has 4 aromatic rings. The van der Waals surface area contributed by atoms with Crippen molar-refractivity contribution in [2.45, 2.75) is 5.22 Å². The normalized spacial score (nSPS) is 11.0. The molecule has 0 spiro atoms. The van der Waals surface area contributed by atoms with E-state index in [9.17, 15) is 4.79 Å². The quantitative estimate of drug-likeness (QED) is 0.491. The zero-order chi connectivity index (χ0) is 17.9. The molecule has 130 valence electrons. The summed E-state index contributed by atoms with van der Waals surface area (Å²) in [5.74, 6) is 0.422. The van der Waals surface area contributed by atoms with Crippen LogP contribution in [0.4, 0.5) is 5.69 Å². The van der Waals surface area contributed by atoms with Crippen LogP contribution in [0.25, 0.3) is 22.4 Å². The number of hydrogen-bond acceptors (Lipinski definition) is 5. The van der Waals surface area contributed by atoms with Gasteiger partial charge < -0.3 is 14.7 Å². The monoisotopic (exact) mass is 384 g/mol. The molecule has 0 atom stereocenters. The van der Waals surface area contributed by atoms with Gasteiger partial charge in [-0.2, -0.15) is 0 Å². The maximum absolute atomic E-state index is 12.0. The molecular weight excluding hydrogens is 372 g/mol. The molecular formula is C18H13ClN4O2S. The first-order valence-electron chi connectivity index (χ1n) is 7.77. The van der Waals surface area contributed by atoms with E-state index < -0.39 is 0 Å². The fourth-order valence-corrected chi connectivity index (χ4v) is 3.17. The molecule has 6 nitrogen and oxygen atoms in total. The lowest BCUT2D eigenvalue weighted by atomic mass is 10.2. The largest absolute Gasteiger partial charge is 0.411 e. The predicted molar refractivity (Wildman–Crippen MR) is 102 cm³/mol. The van der Waals surface area contributed by atoms with Gasteiger partial charge in [-0.15, -0.1) is 10.2 Å². The lowest BCUT2D eigenvalue weighted by Crippen LogP contribution is -2.13. The third-order valence-corrected chi connectivity index (χ3v) is 4.75. The van der Waals surface area contributed by atoms with Gasteiger partial charge in [0.2, 0.25) is 5.91 Å². The van der Waals surface area contributed by atoms with Crippen molar-refractivity contribution in [2.24, 2.45) is 0 Å². The molecule has 2 heterocycles. The lowest BCUT2D eigenvalue weighted by molar-refractivity contribution is -0.113. The highest BCUT2D eigenvalue weighted by Crippen LogP contribution is 2.29. The summed E-state index contributed by atoms with van der Waals surface area (Å²) in [5, 5.41) is 12.8. The Labute approximate surface area is 158 Å². The van der Waals surface area contributed by atoms with E-state index in [1.54, 1.807) is 24.3 Å². The second kappa shape index (κ2) is 7.23. The standard InChI is InChI=1S/C18H13ClN4O2S/c19-11-5-7-12(8-6-11)21-16(24)10-26-18-23-22-17(25-18)14-9-20-15-4-2-1-3-13(14)15/h1-9,20H,10H2,(H,21,24). The van der Waals surface area contributed by atoms with Crippen molar-refractivity contribution in [1.82, 2.24) is 15.2 Å². The van der Waals surface area contributed by atoms with Crippen LogP contribution >= 0.6 is 23.4 Å². The number of halogens is 1. The third kappa shape index (κ3) is 3.58. The zero-order valence-electron chi connectivity index (χ0n) is 13.4. The van der Waals surface area contributed by atoms with E-state index in [1.807, 2.05) is 30.5 Å². The number of para-hydroxylation sites is 1. The molecule has 4 rings (SSSR count). The highest BCUT2D eigenvalue weighted by Gasteiger charge is 2.14. The molecule has 0 aliphatic rings. The Bertz CT molecular complexity index is 1060. The van der Waals surface area contributed by atoms with Crippen LogP contribution < -0.4 is 5.32 Å². The minimum Gasteiger partial charge on any atom is -0.411 e. The third-order valence-electron chi connectivity index (χ3n) is 3.68. The summed E-state index contributed by atoms with van der Waals surface area (Å²) in [5.41, 5.74) is 2.52. The van der Waals surface area contributed by atoms with Crippen molar-refractivity contribution in [2.75, 3.05) is 11.1 Å². The van der Waals surface area contributed by atoms with Gasteiger partial charge in [-0.25, -0.2) is 0 Å². The lowest BCUT2D eigenvalue weighted by Gasteiger charge is -2.03. The number of aromatic amines is 1. The van der Waals surface area contributed by atoms with Crippen LogP contribution in [-0.4, -0.2) is 26.8 Å². The summed E-state index contributed by atoms with van der Waals surface area (Å²) in [7, 11) is 0. The van der Waals surface area contributed by atoms with Crippen molar-refractivity contribution < 1.29 is 9.21 Å². The molecule has 2 aromatic carbocycles. The number of aromatic nitrogens is 3. The minimum absolute atomic E-state index is 0.163. The molecule has 2 aromatic heterocycles. The van der Waals surface area contributed by atoms with E-state index >= 15 is 0 Å². The molecule has 0 aliphatic carbocycles. The Kier molecular flexibility index (Phi) is 4.64. The maximum atomic E-state index is 12.0. The Morgan fingerprint density at radius 1 is 1.15 bits per heavy atom. The fourth-order valence-electron chi connectivity index (χ4n) is 2.48. The van der Waals surface area contributed by atoms with Gasteiger partial charge in [-0.05, 0) is 30.3 Å². The van der Waals surface area contributed by atoms with Crippen LogP contribution in [0.1, 0.15) is 0 Å². The summed E-state index contributed by atoms with van der Waals surface area (Å²) in [6.45, 7) is 0. The maximum Gasteiger partial charge on any atom is 0.277 e. The van der Waals surface area contributed by atoms with E-state index in [4.69, 9.17) is 16.0 Å². The van der Waals surface area contributed by atoms with E-state index in [-0.39, 0.29) is 11.7 Å². The van der Waals surface area contributed by atoms with Crippen molar-refractivity contribution in [3.63, 3.8) is 0 Å². The van der Waals surface area contributed by atoms with Gasteiger partial charge in [0.15, 0.2) is 0 Å². The minimum atomic E-state index is -0.163. The van der Waals surface area contributed by atoms with Crippen LogP contribution in [0.15, 0.2) is 64.4 Å². The Morgan fingerprint density at radius 2 is 1.96 bits per heavy atom. The summed E-state index contributed by atoms with van der Waals surface area (Å²) >= 11 is 7.01. The van der Waals surface area contributed by atoms with Gasteiger partial charge in [-0.3, -0.25) is 4.79 Å². The SMILES string of the molecule is O=C(CSc1nnc(-c2c[nH]c3ccccc23)o1)Nc1ccc(Cl)cc1. The molecule has 8 heteroatoms. The average Bonchev–Trinajstić information content (AvgIpc) is 3.28. The number of nitrogens with one attached hydrogen (secondary N) is 2. The van der Waals surface area contributed by atoms with Crippen LogP contribution in [0, 0.1) is 0 Å². The van der Waals surface area contributed by atoms with Gasteiger partial charge in [0.25, 0.3) is 11.1 Å². The smallest absolute Gasteiger partial charge is 0.277 e. The molecule has 0 saturated heterocycles. The average molecular weight is 385 g/mol. The molecule has 0 aliphatic heterocycles. The Balaban J connectivity index is 1.40. The number of anilines is 1. The topological polar surface area (TPSA) is 83.8 Å². The van der Waals surface area contributed by atoms with Crippen LogP contribution in [0.3, 0.4) is 0 Å². The Hall–Kier alpha value is -2.77. The van der Waals surface area contributed by atoms with Gasteiger partial charge in [0.05, 0.1) is 11.3 Å². The number of amides is 1. The summed E-state index contributed by atoms with van der Waals surface area (Å²) in [6.07, 6.45) is 1.83. The molecule has 0 fully saturated rings. The molecule has 2 N–H and O–H groups in total. The molecule has 0 bridgehead atoms. The number of carbonyl (C=O) groups is 1. The van der Waals surface area contributed by atoms with E-state index in [1.165, 1.54) is 11.8 Å². The van der Waals surface area contributed by atoms with E-state index in [0.29, 0.717) is 21.8 Å². The van der Waals surface area contributed by atoms with Gasteiger partial charge >= 0.3 is 0 Å². The number of H-pyrrole nitrogens is 1. The number of thioether (sulfide) groups is 1. The number of carbonyl (C=O) groups excluding carboxylic acids is 1. The van der Waals surface area contributed by atoms with Crippen molar-refractivity contribution in [1.29, 1.82) is 0 Å². The van der Waals surface area contributed by atoms with Crippen LogP contribution in [0.2, 0.25) is 5.02 Å². The van der Waals surface area contributed by atoms with Crippen LogP contribution in [0.5, 0.6) is 0 Å². The van der Waals surface area contributed by atoms with Crippen molar-refractivity contribution in [3.05, 3.63) is 59.8 Å². The molecule has 0 radical (unpaired) electrons. The summed E-state index contributed by atoms with van der Waals surface area (Å²) in [6, 6.07) is 14.8. The van der Waals surface area contributed by atoms with Gasteiger partial charge in [-0.1, -0.05) is 41.6 Å².